The van der Waals surface area contributed by atoms with Gasteiger partial charge in [-0.3, -0.25) is 0 Å². The summed E-state index contributed by atoms with van der Waals surface area (Å²) >= 11 is 0. The molecule has 0 heterocycles. The van der Waals surface area contributed by atoms with Crippen molar-refractivity contribution in [2.24, 2.45) is 0 Å². The van der Waals surface area contributed by atoms with Crippen molar-refractivity contribution in [3.8, 4) is 0 Å². The number of carboxylic acid groups (broad SMARTS) is 1. The Bertz CT molecular complexity index is 114. The van der Waals surface area contributed by atoms with Gasteiger partial charge < -0.3 is 19.8 Å². The summed E-state index contributed by atoms with van der Waals surface area (Å²) in [5, 5.41) is 17.3. The number of carbonyl (C=O) groups excluding carboxylic acids is 2. The molecule has 0 saturated carbocycles. The number of aliphatic hydroxyl groups is 1. The number of hydrogen-bond donors (Lipinski definition) is 1. The molecule has 0 spiro atoms. The molecule has 4 nitrogen and oxygen atoms in total. The smallest absolute Gasteiger partial charge is 0.547 e. The Morgan fingerprint density at radius 1 is 1.67 bits per heavy atom. The van der Waals surface area contributed by atoms with Crippen LogP contribution >= 0.6 is 0 Å². The molecular weight excluding hydrogens is 256 g/mol. The van der Waals surface area contributed by atoms with Crippen molar-refractivity contribution in [3.63, 3.8) is 0 Å². The monoisotopic (exact) mass is 268 g/mol. The van der Waals surface area contributed by atoms with Gasteiger partial charge in [-0.1, -0.05) is 6.92 Å². The normalized spacial score (nSPS) is 9.92. The second-order valence-corrected chi connectivity index (χ2v) is 1.95. The van der Waals surface area contributed by atoms with Crippen molar-refractivity contribution in [1.82, 2.24) is 0 Å². The van der Waals surface area contributed by atoms with Crippen LogP contribution in [0.5, 0.6) is 0 Å². The van der Waals surface area contributed by atoms with E-state index < -0.39 is 12.1 Å². The largest absolute Gasteiger partial charge is 1.00 e. The molecule has 0 fully saturated rings. The van der Waals surface area contributed by atoms with Gasteiger partial charge in [0.15, 0.2) is 0 Å². The Morgan fingerprint density at radius 2 is 2.00 bits per heavy atom. The Kier molecular flexibility index (Phi) is 19.9. The first-order chi connectivity index (χ1) is 5.06. The first-order valence-corrected chi connectivity index (χ1v) is 3.38. The van der Waals surface area contributed by atoms with Gasteiger partial charge in [0, 0.05) is 6.42 Å². The molecule has 0 aliphatic heterocycles. The Morgan fingerprint density at radius 3 is 2.00 bits per heavy atom. The topological polar surface area (TPSA) is 77.4 Å². The number of unbranched alkanes of at least 4 members (excludes halogenated alkanes) is 1. The van der Waals surface area contributed by atoms with Gasteiger partial charge in [0.25, 0.3) is 0 Å². The summed E-state index contributed by atoms with van der Waals surface area (Å²) in [5.74, 6) is -1.44. The van der Waals surface area contributed by atoms with E-state index in [1.165, 1.54) is 0 Å². The van der Waals surface area contributed by atoms with Crippen LogP contribution in [0, 0.1) is 0 Å². The minimum atomic E-state index is -1.44. The zero-order valence-electron chi connectivity index (χ0n) is 7.04. The number of aliphatic hydroxyl groups excluding tert-OH is 1. The van der Waals surface area contributed by atoms with Crippen LogP contribution in [0.4, 0.5) is 0 Å². The van der Waals surface area contributed by atoms with Gasteiger partial charge in [-0.15, -0.1) is 0 Å². The summed E-state index contributed by atoms with van der Waals surface area (Å²) in [4.78, 5) is 18.7. The second kappa shape index (κ2) is 13.4. The maximum absolute atomic E-state index is 9.40. The average Bonchev–Trinajstić information content (AvgIpc) is 1.90. The van der Waals surface area contributed by atoms with E-state index >= 15 is 0 Å². The van der Waals surface area contributed by atoms with Crippen LogP contribution in [0.3, 0.4) is 0 Å². The van der Waals surface area contributed by atoms with E-state index in [2.05, 4.69) is 0 Å². The minimum absolute atomic E-state index is 0. The van der Waals surface area contributed by atoms with E-state index in [0.717, 1.165) is 19.6 Å². The molecule has 5 heteroatoms. The van der Waals surface area contributed by atoms with E-state index in [1.807, 2.05) is 6.92 Å². The van der Waals surface area contributed by atoms with Crippen LogP contribution in [0.2, 0.25) is 0 Å². The van der Waals surface area contributed by atoms with Gasteiger partial charge in [0.2, 0.25) is 0 Å². The maximum atomic E-state index is 9.40. The summed E-state index contributed by atoms with van der Waals surface area (Å²) in [6.45, 7) is 3.11. The average molecular weight is 269 g/mol. The minimum Gasteiger partial charge on any atom is -0.547 e. The standard InChI is InChI=1S/C4H8O.C3H6O3.Ag/c1-2-3-4-5;1-2(4)3(5)6;/h4H,2-3H2,1H3;2,4H,1H3,(H,5,6);/q;;+1/p-1. The van der Waals surface area contributed by atoms with Gasteiger partial charge >= 0.3 is 22.4 Å². The predicted molar refractivity (Wildman–Crippen MR) is 37.7 cm³/mol. The van der Waals surface area contributed by atoms with Gasteiger partial charge in [-0.25, -0.2) is 0 Å². The van der Waals surface area contributed by atoms with Crippen molar-refractivity contribution >= 4 is 12.3 Å². The molecule has 0 aliphatic carbocycles. The summed E-state index contributed by atoms with van der Waals surface area (Å²) in [6, 6.07) is 0. The number of carboxylic acids is 1. The number of hydrogen-bond acceptors (Lipinski definition) is 4. The molecule has 0 aromatic rings. The number of aliphatic carboxylic acids is 1. The molecule has 0 aromatic heterocycles. The molecule has 0 aromatic carbocycles. The summed E-state index contributed by atoms with van der Waals surface area (Å²) in [5.41, 5.74) is 0. The Labute approximate surface area is 87.5 Å². The summed E-state index contributed by atoms with van der Waals surface area (Å²) in [7, 11) is 0. The van der Waals surface area contributed by atoms with Crippen LogP contribution in [0.15, 0.2) is 0 Å². The predicted octanol–water partition coefficient (Wildman–Crippen LogP) is -0.900. The third kappa shape index (κ3) is 22.5. The number of rotatable bonds is 3. The molecule has 1 unspecified atom stereocenters. The van der Waals surface area contributed by atoms with Crippen molar-refractivity contribution in [2.45, 2.75) is 32.8 Å². The van der Waals surface area contributed by atoms with E-state index in [0.29, 0.717) is 6.42 Å². The van der Waals surface area contributed by atoms with E-state index in [4.69, 9.17) is 5.11 Å². The zero-order chi connectivity index (χ0) is 9.28. The third-order valence-electron chi connectivity index (χ3n) is 0.748. The van der Waals surface area contributed by atoms with Crippen LogP contribution < -0.4 is 5.11 Å². The van der Waals surface area contributed by atoms with Crippen molar-refractivity contribution in [2.75, 3.05) is 0 Å². The van der Waals surface area contributed by atoms with Crippen molar-refractivity contribution in [3.05, 3.63) is 0 Å². The van der Waals surface area contributed by atoms with Crippen molar-refractivity contribution in [1.29, 1.82) is 0 Å². The molecule has 0 radical (unpaired) electrons. The van der Waals surface area contributed by atoms with Gasteiger partial charge in [0.1, 0.15) is 6.29 Å². The summed E-state index contributed by atoms with van der Waals surface area (Å²) < 4.78 is 0. The van der Waals surface area contributed by atoms with Gasteiger partial charge in [-0.2, -0.15) is 0 Å². The molecule has 1 N–H and O–H groups in total. The molecule has 1 atom stereocenters. The summed E-state index contributed by atoms with van der Waals surface area (Å²) in [6.07, 6.45) is 1.27. The molecule has 0 amide bonds. The fourth-order valence-electron chi connectivity index (χ4n) is 0.118. The molecule has 0 rings (SSSR count). The van der Waals surface area contributed by atoms with Gasteiger partial charge in [0.05, 0.1) is 12.1 Å². The first kappa shape index (κ1) is 17.8. The molecular formula is C7H13AgO4. The molecule has 12 heavy (non-hydrogen) atoms. The van der Waals surface area contributed by atoms with E-state index in [9.17, 15) is 14.7 Å². The SMILES string of the molecule is CC(O)C(=O)[O-].CCCC=O.[Ag+]. The fraction of sp³-hybridized carbons (Fsp3) is 0.714. The van der Waals surface area contributed by atoms with Crippen LogP contribution in [-0.4, -0.2) is 23.5 Å². The maximum Gasteiger partial charge on any atom is 1.00 e. The van der Waals surface area contributed by atoms with Crippen LogP contribution in [0.1, 0.15) is 26.7 Å². The Balaban J connectivity index is -0.000000126. The quantitative estimate of drug-likeness (QED) is 0.532. The van der Waals surface area contributed by atoms with Gasteiger partial charge in [-0.05, 0) is 13.3 Å². The fourth-order valence-corrected chi connectivity index (χ4v) is 0.118. The molecule has 0 aliphatic rings. The third-order valence-corrected chi connectivity index (χ3v) is 0.748. The number of carbonyl (C=O) groups is 2. The van der Waals surface area contributed by atoms with E-state index in [1.54, 1.807) is 0 Å². The van der Waals surface area contributed by atoms with E-state index in [-0.39, 0.29) is 22.4 Å². The Hall–Kier alpha value is -0.160. The van der Waals surface area contributed by atoms with Crippen LogP contribution in [0.25, 0.3) is 0 Å². The molecule has 0 bridgehead atoms. The zero-order valence-corrected chi connectivity index (χ0v) is 8.52. The number of aldehydes is 1. The van der Waals surface area contributed by atoms with Crippen LogP contribution in [-0.2, 0) is 32.0 Å². The van der Waals surface area contributed by atoms with Crippen molar-refractivity contribution < 1.29 is 42.2 Å². The second-order valence-electron chi connectivity index (χ2n) is 1.95. The molecule has 0 saturated heterocycles. The molecule has 76 valence electrons. The first-order valence-electron chi connectivity index (χ1n) is 3.38.